The number of fused-ring (bicyclic) bond motifs is 1. The molecule has 1 aliphatic carbocycles. The van der Waals surface area contributed by atoms with Crippen LogP contribution in [-0.2, 0) is 11.2 Å². The minimum atomic E-state index is -0.440. The van der Waals surface area contributed by atoms with Crippen molar-refractivity contribution in [3.8, 4) is 17.1 Å². The van der Waals surface area contributed by atoms with Crippen molar-refractivity contribution < 1.29 is 14.3 Å². The molecule has 0 N–H and O–H groups in total. The summed E-state index contributed by atoms with van der Waals surface area (Å²) in [4.78, 5) is 21.2. The number of esters is 1. The number of hydrogen-bond acceptors (Lipinski definition) is 5. The summed E-state index contributed by atoms with van der Waals surface area (Å²) in [6, 6.07) is 17.0. The number of nitrogens with zero attached hydrogens (tertiary/aromatic N) is 2. The maximum atomic E-state index is 12.6. The molecular formula is C21H18N2O3. The van der Waals surface area contributed by atoms with Crippen molar-refractivity contribution in [1.82, 2.24) is 9.97 Å². The summed E-state index contributed by atoms with van der Waals surface area (Å²) in [6.07, 6.45) is 2.88. The molecule has 5 nitrogen and oxygen atoms in total. The number of ether oxygens (including phenoxy) is 2. The number of methoxy groups -OCH3 is 1. The van der Waals surface area contributed by atoms with E-state index in [2.05, 4.69) is 9.97 Å². The molecule has 1 atom stereocenters. The average molecular weight is 346 g/mol. The lowest BCUT2D eigenvalue weighted by atomic mass is 10.1. The standard InChI is InChI=1S/C21H18N2O3/c1-25-18-9-5-8-15-16(18)10-11-19(15)26-21(24)17-12-13-22-20(23-17)14-6-3-2-4-7-14/h2-9,12-13,19H,10-11H2,1H3. The third-order valence-electron chi connectivity index (χ3n) is 4.54. The number of carbonyl (C=O) groups is 1. The van der Waals surface area contributed by atoms with Crippen LogP contribution < -0.4 is 4.74 Å². The molecule has 130 valence electrons. The molecule has 1 aromatic heterocycles. The molecule has 0 radical (unpaired) electrons. The van der Waals surface area contributed by atoms with E-state index in [9.17, 15) is 4.79 Å². The van der Waals surface area contributed by atoms with Crippen molar-refractivity contribution in [2.75, 3.05) is 7.11 Å². The molecular weight excluding hydrogens is 328 g/mol. The van der Waals surface area contributed by atoms with E-state index in [0.29, 0.717) is 5.82 Å². The zero-order chi connectivity index (χ0) is 17.9. The van der Waals surface area contributed by atoms with Crippen molar-refractivity contribution in [1.29, 1.82) is 0 Å². The molecule has 5 heteroatoms. The van der Waals surface area contributed by atoms with Gasteiger partial charge in [-0.25, -0.2) is 14.8 Å². The molecule has 2 aromatic carbocycles. The normalized spacial score (nSPS) is 15.3. The molecule has 0 aliphatic heterocycles. The van der Waals surface area contributed by atoms with Gasteiger partial charge in [0.25, 0.3) is 0 Å². The van der Waals surface area contributed by atoms with Gasteiger partial charge in [0.15, 0.2) is 11.5 Å². The largest absolute Gasteiger partial charge is 0.496 e. The first kappa shape index (κ1) is 16.3. The smallest absolute Gasteiger partial charge is 0.357 e. The first-order valence-corrected chi connectivity index (χ1v) is 8.51. The summed E-state index contributed by atoms with van der Waals surface area (Å²) in [7, 11) is 1.65. The summed E-state index contributed by atoms with van der Waals surface area (Å²) >= 11 is 0. The second-order valence-corrected chi connectivity index (χ2v) is 6.09. The van der Waals surface area contributed by atoms with E-state index in [1.807, 2.05) is 48.5 Å². The van der Waals surface area contributed by atoms with Crippen molar-refractivity contribution >= 4 is 5.97 Å². The van der Waals surface area contributed by atoms with Gasteiger partial charge in [-0.1, -0.05) is 42.5 Å². The molecule has 0 bridgehead atoms. The molecule has 4 rings (SSSR count). The van der Waals surface area contributed by atoms with Gasteiger partial charge in [-0.3, -0.25) is 0 Å². The van der Waals surface area contributed by atoms with Gasteiger partial charge in [-0.15, -0.1) is 0 Å². The third kappa shape index (κ3) is 3.04. The van der Waals surface area contributed by atoms with Crippen LogP contribution >= 0.6 is 0 Å². The van der Waals surface area contributed by atoms with Crippen LogP contribution in [0.2, 0.25) is 0 Å². The number of hydrogen-bond donors (Lipinski definition) is 0. The Morgan fingerprint density at radius 2 is 1.92 bits per heavy atom. The molecule has 0 amide bonds. The number of carbonyl (C=O) groups excluding carboxylic acids is 1. The number of aromatic nitrogens is 2. The predicted molar refractivity (Wildman–Crippen MR) is 96.9 cm³/mol. The van der Waals surface area contributed by atoms with Crippen LogP contribution in [0.1, 0.15) is 34.1 Å². The molecule has 0 saturated carbocycles. The zero-order valence-corrected chi connectivity index (χ0v) is 14.4. The monoisotopic (exact) mass is 346 g/mol. The van der Waals surface area contributed by atoms with Crippen LogP contribution in [0.25, 0.3) is 11.4 Å². The Hall–Kier alpha value is -3.21. The van der Waals surface area contributed by atoms with Crippen molar-refractivity contribution in [3.05, 3.63) is 77.6 Å². The van der Waals surface area contributed by atoms with Gasteiger partial charge in [0.2, 0.25) is 0 Å². The van der Waals surface area contributed by atoms with Crippen molar-refractivity contribution in [3.63, 3.8) is 0 Å². The second-order valence-electron chi connectivity index (χ2n) is 6.09. The van der Waals surface area contributed by atoms with Gasteiger partial charge in [-0.2, -0.15) is 0 Å². The number of rotatable bonds is 4. The minimum Gasteiger partial charge on any atom is -0.496 e. The Kier molecular flexibility index (Phi) is 4.35. The van der Waals surface area contributed by atoms with Crippen molar-refractivity contribution in [2.24, 2.45) is 0 Å². The summed E-state index contributed by atoms with van der Waals surface area (Å²) < 4.78 is 11.1. The van der Waals surface area contributed by atoms with Crippen LogP contribution in [0.4, 0.5) is 0 Å². The van der Waals surface area contributed by atoms with Crippen molar-refractivity contribution in [2.45, 2.75) is 18.9 Å². The highest BCUT2D eigenvalue weighted by atomic mass is 16.5. The molecule has 1 heterocycles. The van der Waals surface area contributed by atoms with Crippen LogP contribution in [-0.4, -0.2) is 23.0 Å². The van der Waals surface area contributed by atoms with E-state index >= 15 is 0 Å². The molecule has 26 heavy (non-hydrogen) atoms. The molecule has 0 fully saturated rings. The third-order valence-corrected chi connectivity index (χ3v) is 4.54. The zero-order valence-electron chi connectivity index (χ0n) is 14.4. The lowest BCUT2D eigenvalue weighted by molar-refractivity contribution is 0.0294. The lowest BCUT2D eigenvalue weighted by Crippen LogP contribution is -2.12. The van der Waals surface area contributed by atoms with E-state index in [4.69, 9.17) is 9.47 Å². The highest BCUT2D eigenvalue weighted by Gasteiger charge is 2.28. The first-order chi connectivity index (χ1) is 12.8. The van der Waals surface area contributed by atoms with Gasteiger partial charge in [0.1, 0.15) is 11.9 Å². The van der Waals surface area contributed by atoms with Gasteiger partial charge >= 0.3 is 5.97 Å². The van der Waals surface area contributed by atoms with E-state index in [1.165, 1.54) is 0 Å². The average Bonchev–Trinajstić information content (AvgIpc) is 3.11. The highest BCUT2D eigenvalue weighted by Crippen LogP contribution is 2.39. The van der Waals surface area contributed by atoms with Gasteiger partial charge in [0, 0.05) is 17.3 Å². The SMILES string of the molecule is COc1cccc2c1CCC2OC(=O)c1ccnc(-c2ccccc2)n1. The summed E-state index contributed by atoms with van der Waals surface area (Å²) in [5.41, 5.74) is 3.24. The molecule has 0 saturated heterocycles. The second kappa shape index (κ2) is 6.96. The Balaban J connectivity index is 1.56. The van der Waals surface area contributed by atoms with Crippen LogP contribution in [0, 0.1) is 0 Å². The molecule has 1 unspecified atom stereocenters. The summed E-state index contributed by atoms with van der Waals surface area (Å²) in [5, 5.41) is 0. The maximum Gasteiger partial charge on any atom is 0.357 e. The number of benzene rings is 2. The Labute approximate surface area is 151 Å². The quantitative estimate of drug-likeness (QED) is 0.668. The first-order valence-electron chi connectivity index (χ1n) is 8.51. The molecule has 3 aromatic rings. The van der Waals surface area contributed by atoms with E-state index in [-0.39, 0.29) is 11.8 Å². The Morgan fingerprint density at radius 1 is 1.08 bits per heavy atom. The van der Waals surface area contributed by atoms with Gasteiger partial charge in [-0.05, 0) is 30.5 Å². The Bertz CT molecular complexity index is 941. The van der Waals surface area contributed by atoms with Crippen LogP contribution in [0.15, 0.2) is 60.8 Å². The molecule has 1 aliphatic rings. The topological polar surface area (TPSA) is 61.3 Å². The highest BCUT2D eigenvalue weighted by molar-refractivity contribution is 5.88. The fourth-order valence-corrected chi connectivity index (χ4v) is 3.28. The maximum absolute atomic E-state index is 12.6. The van der Waals surface area contributed by atoms with Gasteiger partial charge < -0.3 is 9.47 Å². The minimum absolute atomic E-state index is 0.259. The van der Waals surface area contributed by atoms with E-state index < -0.39 is 5.97 Å². The Morgan fingerprint density at radius 3 is 2.73 bits per heavy atom. The fraction of sp³-hybridized carbons (Fsp3) is 0.190. The molecule has 0 spiro atoms. The summed E-state index contributed by atoms with van der Waals surface area (Å²) in [6.45, 7) is 0. The lowest BCUT2D eigenvalue weighted by Gasteiger charge is -2.14. The van der Waals surface area contributed by atoms with E-state index in [0.717, 1.165) is 35.3 Å². The fourth-order valence-electron chi connectivity index (χ4n) is 3.28. The van der Waals surface area contributed by atoms with Crippen LogP contribution in [0.5, 0.6) is 5.75 Å². The van der Waals surface area contributed by atoms with E-state index in [1.54, 1.807) is 19.4 Å². The van der Waals surface area contributed by atoms with Crippen LogP contribution in [0.3, 0.4) is 0 Å². The summed E-state index contributed by atoms with van der Waals surface area (Å²) in [5.74, 6) is 0.910. The predicted octanol–water partition coefficient (Wildman–Crippen LogP) is 4.00. The van der Waals surface area contributed by atoms with Gasteiger partial charge in [0.05, 0.1) is 7.11 Å².